The summed E-state index contributed by atoms with van der Waals surface area (Å²) in [6.45, 7) is 8.19. The van der Waals surface area contributed by atoms with Gasteiger partial charge < -0.3 is 9.63 Å². The Bertz CT molecular complexity index is 616. The van der Waals surface area contributed by atoms with Crippen LogP contribution in [-0.4, -0.2) is 57.3 Å². The minimum Gasteiger partial charge on any atom is -0.387 e. The van der Waals surface area contributed by atoms with Gasteiger partial charge in [-0.1, -0.05) is 35.5 Å². The molecular weight excluding hydrogens is 292 g/mol. The average Bonchev–Trinajstić information content (AvgIpc) is 2.96. The molecule has 6 heteroatoms. The second-order valence-electron chi connectivity index (χ2n) is 6.24. The van der Waals surface area contributed by atoms with E-state index in [1.54, 1.807) is 0 Å². The first-order chi connectivity index (χ1) is 11.1. The molecule has 1 aromatic carbocycles. The SMILES string of the molecule is Cc1noc(CN2CCN(C[C@@H](O)c3ccccc3)[C@@H](C)C2)n1. The highest BCUT2D eigenvalue weighted by molar-refractivity contribution is 5.17. The molecule has 2 heterocycles. The summed E-state index contributed by atoms with van der Waals surface area (Å²) in [5.41, 5.74) is 0.975. The molecule has 0 spiro atoms. The van der Waals surface area contributed by atoms with Crippen LogP contribution in [0.15, 0.2) is 34.9 Å². The van der Waals surface area contributed by atoms with E-state index in [2.05, 4.69) is 26.9 Å². The lowest BCUT2D eigenvalue weighted by molar-refractivity contribution is 0.0328. The van der Waals surface area contributed by atoms with E-state index in [4.69, 9.17) is 4.52 Å². The minimum absolute atomic E-state index is 0.381. The molecule has 0 unspecified atom stereocenters. The fourth-order valence-electron chi connectivity index (χ4n) is 3.08. The van der Waals surface area contributed by atoms with E-state index in [-0.39, 0.29) is 0 Å². The standard InChI is InChI=1S/C17H24N4O2/c1-13-10-20(12-17-18-14(2)19-23-17)8-9-21(13)11-16(22)15-6-4-3-5-7-15/h3-7,13,16,22H,8-12H2,1-2H3/t13-,16+/m0/s1. The number of nitrogens with zero attached hydrogens (tertiary/aromatic N) is 4. The van der Waals surface area contributed by atoms with Crippen LogP contribution in [-0.2, 0) is 6.54 Å². The van der Waals surface area contributed by atoms with Gasteiger partial charge in [-0.2, -0.15) is 4.98 Å². The van der Waals surface area contributed by atoms with Gasteiger partial charge in [0.2, 0.25) is 5.89 Å². The Morgan fingerprint density at radius 2 is 2.09 bits per heavy atom. The number of aliphatic hydroxyl groups excluding tert-OH is 1. The van der Waals surface area contributed by atoms with Crippen molar-refractivity contribution in [2.24, 2.45) is 0 Å². The number of hydrogen-bond donors (Lipinski definition) is 1. The zero-order chi connectivity index (χ0) is 16.2. The van der Waals surface area contributed by atoms with Crippen LogP contribution < -0.4 is 0 Å². The summed E-state index contributed by atoms with van der Waals surface area (Å²) >= 11 is 0. The molecule has 1 N–H and O–H groups in total. The molecule has 1 saturated heterocycles. The van der Waals surface area contributed by atoms with E-state index in [1.165, 1.54) is 0 Å². The van der Waals surface area contributed by atoms with Gasteiger partial charge in [-0.3, -0.25) is 9.80 Å². The number of piperazine rings is 1. The van der Waals surface area contributed by atoms with Crippen LogP contribution in [0.2, 0.25) is 0 Å². The first-order valence-electron chi connectivity index (χ1n) is 8.10. The van der Waals surface area contributed by atoms with Crippen molar-refractivity contribution in [2.75, 3.05) is 26.2 Å². The van der Waals surface area contributed by atoms with E-state index < -0.39 is 6.10 Å². The lowest BCUT2D eigenvalue weighted by atomic mass is 10.1. The molecule has 2 aromatic rings. The molecule has 0 aliphatic carbocycles. The molecule has 0 radical (unpaired) electrons. The topological polar surface area (TPSA) is 65.6 Å². The molecule has 0 bridgehead atoms. The Hall–Kier alpha value is -1.76. The van der Waals surface area contributed by atoms with Crippen molar-refractivity contribution in [1.29, 1.82) is 0 Å². The highest BCUT2D eigenvalue weighted by Gasteiger charge is 2.26. The summed E-state index contributed by atoms with van der Waals surface area (Å²) in [5.74, 6) is 1.35. The Kier molecular flexibility index (Phi) is 5.05. The third kappa shape index (κ3) is 4.16. The maximum atomic E-state index is 10.4. The Balaban J connectivity index is 1.52. The molecule has 1 aliphatic heterocycles. The van der Waals surface area contributed by atoms with Crippen molar-refractivity contribution in [2.45, 2.75) is 32.5 Å². The largest absolute Gasteiger partial charge is 0.387 e. The molecule has 23 heavy (non-hydrogen) atoms. The van der Waals surface area contributed by atoms with Crippen molar-refractivity contribution in [3.05, 3.63) is 47.6 Å². The van der Waals surface area contributed by atoms with Crippen LogP contribution in [0.4, 0.5) is 0 Å². The van der Waals surface area contributed by atoms with Crippen LogP contribution in [0.3, 0.4) is 0 Å². The van der Waals surface area contributed by atoms with Gasteiger partial charge >= 0.3 is 0 Å². The number of hydrogen-bond acceptors (Lipinski definition) is 6. The Morgan fingerprint density at radius 1 is 1.30 bits per heavy atom. The van der Waals surface area contributed by atoms with Crippen LogP contribution in [0.1, 0.15) is 30.3 Å². The second kappa shape index (κ2) is 7.21. The van der Waals surface area contributed by atoms with Crippen molar-refractivity contribution in [1.82, 2.24) is 19.9 Å². The van der Waals surface area contributed by atoms with Gasteiger partial charge in [0.05, 0.1) is 12.6 Å². The average molecular weight is 316 g/mol. The van der Waals surface area contributed by atoms with Crippen molar-refractivity contribution < 1.29 is 9.63 Å². The molecule has 1 fully saturated rings. The van der Waals surface area contributed by atoms with Crippen LogP contribution in [0, 0.1) is 6.92 Å². The molecule has 0 amide bonds. The number of aliphatic hydroxyl groups is 1. The number of aryl methyl sites for hydroxylation is 1. The lowest BCUT2D eigenvalue weighted by Gasteiger charge is -2.40. The number of aromatic nitrogens is 2. The maximum absolute atomic E-state index is 10.4. The van der Waals surface area contributed by atoms with Gasteiger partial charge in [-0.15, -0.1) is 0 Å². The number of benzene rings is 1. The Labute approximate surface area is 136 Å². The van der Waals surface area contributed by atoms with E-state index in [0.29, 0.717) is 30.8 Å². The minimum atomic E-state index is -0.441. The first kappa shape index (κ1) is 16.1. The fourth-order valence-corrected chi connectivity index (χ4v) is 3.08. The van der Waals surface area contributed by atoms with Crippen molar-refractivity contribution in [3.8, 4) is 0 Å². The third-order valence-electron chi connectivity index (χ3n) is 4.37. The van der Waals surface area contributed by atoms with E-state index >= 15 is 0 Å². The smallest absolute Gasteiger partial charge is 0.240 e. The highest BCUT2D eigenvalue weighted by atomic mass is 16.5. The van der Waals surface area contributed by atoms with Crippen LogP contribution in [0.5, 0.6) is 0 Å². The summed E-state index contributed by atoms with van der Waals surface area (Å²) in [4.78, 5) is 8.93. The normalized spacial score (nSPS) is 21.4. The van der Waals surface area contributed by atoms with Crippen LogP contribution in [0.25, 0.3) is 0 Å². The van der Waals surface area contributed by atoms with Gasteiger partial charge in [0.1, 0.15) is 0 Å². The number of rotatable bonds is 5. The predicted octanol–water partition coefficient (Wildman–Crippen LogP) is 1.62. The van der Waals surface area contributed by atoms with Crippen molar-refractivity contribution >= 4 is 0 Å². The third-order valence-corrected chi connectivity index (χ3v) is 4.37. The van der Waals surface area contributed by atoms with E-state index in [0.717, 1.165) is 25.2 Å². The van der Waals surface area contributed by atoms with Crippen LogP contribution >= 0.6 is 0 Å². The fraction of sp³-hybridized carbons (Fsp3) is 0.529. The molecule has 1 aliphatic rings. The summed E-state index contributed by atoms with van der Waals surface area (Å²) in [5, 5.41) is 14.2. The van der Waals surface area contributed by atoms with E-state index in [9.17, 15) is 5.11 Å². The molecule has 3 rings (SSSR count). The quantitative estimate of drug-likeness (QED) is 0.904. The van der Waals surface area contributed by atoms with E-state index in [1.807, 2.05) is 37.3 Å². The van der Waals surface area contributed by atoms with Gasteiger partial charge in [0.15, 0.2) is 5.82 Å². The van der Waals surface area contributed by atoms with Gasteiger partial charge in [-0.25, -0.2) is 0 Å². The summed E-state index contributed by atoms with van der Waals surface area (Å²) in [7, 11) is 0. The zero-order valence-corrected chi connectivity index (χ0v) is 13.7. The zero-order valence-electron chi connectivity index (χ0n) is 13.7. The molecule has 1 aromatic heterocycles. The molecule has 6 nitrogen and oxygen atoms in total. The predicted molar refractivity (Wildman–Crippen MR) is 86.7 cm³/mol. The maximum Gasteiger partial charge on any atom is 0.240 e. The monoisotopic (exact) mass is 316 g/mol. The molecule has 2 atom stereocenters. The molecule has 124 valence electrons. The van der Waals surface area contributed by atoms with Gasteiger partial charge in [0, 0.05) is 32.2 Å². The molecule has 0 saturated carbocycles. The summed E-state index contributed by atoms with van der Waals surface area (Å²) in [6, 6.07) is 10.2. The van der Waals surface area contributed by atoms with Gasteiger partial charge in [0.25, 0.3) is 0 Å². The van der Waals surface area contributed by atoms with Gasteiger partial charge in [-0.05, 0) is 19.4 Å². The Morgan fingerprint density at radius 3 is 2.74 bits per heavy atom. The summed E-state index contributed by atoms with van der Waals surface area (Å²) in [6.07, 6.45) is -0.441. The summed E-state index contributed by atoms with van der Waals surface area (Å²) < 4.78 is 5.20. The molecular formula is C17H24N4O2. The highest BCUT2D eigenvalue weighted by Crippen LogP contribution is 2.18. The lowest BCUT2D eigenvalue weighted by Crippen LogP contribution is -2.52. The first-order valence-corrected chi connectivity index (χ1v) is 8.10. The second-order valence-corrected chi connectivity index (χ2v) is 6.24. The van der Waals surface area contributed by atoms with Crippen molar-refractivity contribution in [3.63, 3.8) is 0 Å². The number of β-amino-alcohol motifs (C(OH)–C–C–N with tert-alkyl or cyclic N) is 1.